The van der Waals surface area contributed by atoms with Gasteiger partial charge in [0.1, 0.15) is 9.79 Å². The topological polar surface area (TPSA) is 208 Å². The summed E-state index contributed by atoms with van der Waals surface area (Å²) in [6, 6.07) is 13.9. The lowest BCUT2D eigenvalue weighted by Gasteiger charge is -2.11. The van der Waals surface area contributed by atoms with Crippen LogP contribution in [0.4, 0.5) is 21.6 Å². The molecule has 2 heterocycles. The van der Waals surface area contributed by atoms with Crippen LogP contribution in [0, 0.1) is 0 Å². The average molecular weight is 805 g/mol. The number of halogens is 4. The Morgan fingerprint density at radius 3 is 1.33 bits per heavy atom. The molecule has 0 saturated heterocycles. The lowest BCUT2D eigenvalue weighted by Crippen LogP contribution is -2.04. The van der Waals surface area contributed by atoms with Gasteiger partial charge in [-0.1, -0.05) is 91.7 Å². The van der Waals surface area contributed by atoms with Crippen LogP contribution in [-0.4, -0.2) is 35.9 Å². The van der Waals surface area contributed by atoms with Crippen LogP contribution in [0.2, 0.25) is 20.1 Å². The van der Waals surface area contributed by atoms with E-state index in [9.17, 15) is 25.9 Å². The Morgan fingerprint density at radius 1 is 0.583 bits per heavy atom. The van der Waals surface area contributed by atoms with E-state index in [-0.39, 0.29) is 32.8 Å². The monoisotopic (exact) mass is 802 g/mol. The van der Waals surface area contributed by atoms with Crippen molar-refractivity contribution in [2.45, 2.75) is 9.79 Å². The molecule has 0 aliphatic carbocycles. The summed E-state index contributed by atoms with van der Waals surface area (Å²) in [6.07, 6.45) is 0. The lowest BCUT2D eigenvalue weighted by molar-refractivity contribution is 0.481. The van der Waals surface area contributed by atoms with Gasteiger partial charge in [-0.3, -0.25) is 20.0 Å². The highest BCUT2D eigenvalue weighted by Gasteiger charge is 2.20. The number of aromatic nitrogens is 2. The van der Waals surface area contributed by atoms with Crippen LogP contribution in [0.25, 0.3) is 31.6 Å². The molecule has 6 aromatic rings. The third kappa shape index (κ3) is 7.52. The number of nitrogens with zero attached hydrogens (tertiary/aromatic N) is 6. The van der Waals surface area contributed by atoms with Crippen molar-refractivity contribution >= 4 is 131 Å². The van der Waals surface area contributed by atoms with Crippen molar-refractivity contribution in [1.82, 2.24) is 9.97 Å². The third-order valence-corrected chi connectivity index (χ3v) is 11.3. The molecule has 4 aromatic carbocycles. The maximum Gasteiger partial charge on any atom is 0.296 e. The Bertz CT molecular complexity index is 2290. The molecule has 0 bridgehead atoms. The molecule has 6 rings (SSSR count). The molecule has 0 radical (unpaired) electrons. The van der Waals surface area contributed by atoms with Crippen molar-refractivity contribution in [1.29, 1.82) is 0 Å². The Kier molecular flexibility index (Phi) is 9.57. The zero-order valence-corrected chi connectivity index (χ0v) is 29.4. The van der Waals surface area contributed by atoms with Crippen molar-refractivity contribution in [2.75, 3.05) is 10.9 Å². The molecule has 0 fully saturated rings. The van der Waals surface area contributed by atoms with E-state index >= 15 is 0 Å². The first kappa shape index (κ1) is 34.3. The van der Waals surface area contributed by atoms with Gasteiger partial charge in [0.05, 0.1) is 51.9 Å². The number of rotatable bonds is 9. The van der Waals surface area contributed by atoms with E-state index < -0.39 is 30.0 Å². The van der Waals surface area contributed by atoms with E-state index in [2.05, 4.69) is 41.5 Å². The first-order valence-electron chi connectivity index (χ1n) is 12.7. The van der Waals surface area contributed by atoms with E-state index in [1.807, 2.05) is 0 Å². The number of anilines is 2. The first-order chi connectivity index (χ1) is 22.7. The molecule has 14 nitrogen and oxygen atoms in total. The number of hydrogen-bond acceptors (Lipinski definition) is 12. The Morgan fingerprint density at radius 2 is 0.958 bits per heavy atom. The Hall–Kier alpha value is -3.56. The maximum absolute atomic E-state index is 12.3. The minimum absolute atomic E-state index is 0.148. The molecule has 0 aliphatic rings. The smallest absolute Gasteiger partial charge is 0.282 e. The Balaban J connectivity index is 1.25. The molecule has 0 unspecified atom stereocenters. The summed E-state index contributed by atoms with van der Waals surface area (Å²) >= 11 is 26.4. The van der Waals surface area contributed by atoms with Crippen molar-refractivity contribution < 1.29 is 25.9 Å². The minimum Gasteiger partial charge on any atom is -0.282 e. The quantitative estimate of drug-likeness (QED) is 0.0618. The molecule has 48 heavy (non-hydrogen) atoms. The second-order valence-electron chi connectivity index (χ2n) is 9.46. The van der Waals surface area contributed by atoms with Gasteiger partial charge in [-0.25, -0.2) is 9.97 Å². The number of benzene rings is 4. The fourth-order valence-corrected chi connectivity index (χ4v) is 7.89. The largest absolute Gasteiger partial charge is 0.296 e. The molecule has 0 saturated carbocycles. The number of nitrogens with one attached hydrogen (secondary N) is 2. The summed E-state index contributed by atoms with van der Waals surface area (Å²) in [6.45, 7) is 0. The van der Waals surface area contributed by atoms with Gasteiger partial charge in [-0.2, -0.15) is 16.8 Å². The predicted molar refractivity (Wildman–Crippen MR) is 187 cm³/mol. The lowest BCUT2D eigenvalue weighted by atomic mass is 10.0. The highest BCUT2D eigenvalue weighted by molar-refractivity contribution is 7.86. The van der Waals surface area contributed by atoms with Crippen molar-refractivity contribution in [3.63, 3.8) is 0 Å². The zero-order chi connectivity index (χ0) is 34.4. The highest BCUT2D eigenvalue weighted by atomic mass is 35.5. The van der Waals surface area contributed by atoms with Gasteiger partial charge in [0.25, 0.3) is 20.2 Å². The molecule has 4 N–H and O–H groups in total. The van der Waals surface area contributed by atoms with Gasteiger partial charge in [0, 0.05) is 0 Å². The minimum atomic E-state index is -4.82. The van der Waals surface area contributed by atoms with Gasteiger partial charge in [0.2, 0.25) is 10.3 Å². The molecule has 246 valence electrons. The average Bonchev–Trinajstić information content (AvgIpc) is 3.59. The van der Waals surface area contributed by atoms with Crippen molar-refractivity contribution in [2.24, 2.45) is 20.7 Å². The molecule has 2 aromatic heterocycles. The zero-order valence-electron chi connectivity index (χ0n) is 23.1. The van der Waals surface area contributed by atoms with Crippen LogP contribution in [-0.2, 0) is 20.2 Å². The van der Waals surface area contributed by atoms with Crippen LogP contribution in [0.3, 0.4) is 0 Å². The SMILES string of the molecule is O=S(=O)(O)c1cc(-c2ccc(NN=Nc3nc4cc(Cl)c(Cl)cc4s3)c(S(=O)(=O)O)c2)ccc1NN=Nc1nc2cc(Cl)c(Cl)cc2s1. The van der Waals surface area contributed by atoms with Crippen LogP contribution < -0.4 is 10.9 Å². The van der Waals surface area contributed by atoms with Crippen LogP contribution in [0.5, 0.6) is 0 Å². The van der Waals surface area contributed by atoms with E-state index in [4.69, 9.17) is 46.4 Å². The fraction of sp³-hybridized carbons (Fsp3) is 0. The second-order valence-corrected chi connectivity index (χ2v) is 15.9. The van der Waals surface area contributed by atoms with E-state index in [1.165, 1.54) is 24.3 Å². The molecule has 0 atom stereocenters. The summed E-state index contributed by atoms with van der Waals surface area (Å²) < 4.78 is 70.4. The second kappa shape index (κ2) is 13.4. The first-order valence-corrected chi connectivity index (χ1v) is 18.8. The third-order valence-electron chi connectivity index (χ3n) is 6.30. The van der Waals surface area contributed by atoms with Gasteiger partial charge in [-0.05, 0) is 59.7 Å². The van der Waals surface area contributed by atoms with E-state index in [1.54, 1.807) is 24.3 Å². The van der Waals surface area contributed by atoms with Crippen LogP contribution in [0.1, 0.15) is 0 Å². The number of thiazole rings is 2. The number of hydrogen-bond donors (Lipinski definition) is 4. The van der Waals surface area contributed by atoms with Crippen LogP contribution >= 0.6 is 69.1 Å². The summed E-state index contributed by atoms with van der Waals surface area (Å²) in [5.41, 5.74) is 6.01. The van der Waals surface area contributed by atoms with Crippen LogP contribution in [0.15, 0.2) is 91.1 Å². The molecule has 22 heteroatoms. The molecule has 0 amide bonds. The van der Waals surface area contributed by atoms with Gasteiger partial charge in [0.15, 0.2) is 0 Å². The van der Waals surface area contributed by atoms with E-state index in [0.717, 1.165) is 34.8 Å². The standard InChI is InChI=1S/C26H14Cl4N8O6S4/c27-13-7-19-21(9-15(13)29)45-25(31-19)35-37-33-17-3-1-11(5-23(17)47(39,40)41)12-2-4-18(24(6-12)48(42,43)44)34-38-36-26-32-20-8-14(28)16(30)10-22(20)46-26/h1-10H,(H,31,33,35)(H,32,34,36)(H,39,40,41)(H,42,43,44). The molecule has 0 aliphatic heterocycles. The molecular weight excluding hydrogens is 790 g/mol. The summed E-state index contributed by atoms with van der Waals surface area (Å²) in [4.78, 5) is 7.34. The van der Waals surface area contributed by atoms with Gasteiger partial charge >= 0.3 is 0 Å². The number of fused-ring (bicyclic) bond motifs is 2. The maximum atomic E-state index is 12.3. The van der Waals surface area contributed by atoms with Gasteiger partial charge < -0.3 is 0 Å². The van der Waals surface area contributed by atoms with Crippen molar-refractivity contribution in [3.05, 3.63) is 80.8 Å². The van der Waals surface area contributed by atoms with Crippen molar-refractivity contribution in [3.8, 4) is 11.1 Å². The molecule has 0 spiro atoms. The summed E-state index contributed by atoms with van der Waals surface area (Å²) in [5.74, 6) is 0. The Labute approximate surface area is 298 Å². The normalized spacial score (nSPS) is 12.5. The van der Waals surface area contributed by atoms with E-state index in [0.29, 0.717) is 40.5 Å². The fourth-order valence-electron chi connectivity index (χ4n) is 4.17. The molecular formula is C26H14Cl4N8O6S4. The predicted octanol–water partition coefficient (Wildman–Crippen LogP) is 9.90. The van der Waals surface area contributed by atoms with Gasteiger partial charge in [-0.15, -0.1) is 10.2 Å². The summed E-state index contributed by atoms with van der Waals surface area (Å²) in [5, 5.41) is 17.2. The highest BCUT2D eigenvalue weighted by Crippen LogP contribution is 2.37. The summed E-state index contributed by atoms with van der Waals surface area (Å²) in [7, 11) is -9.64.